The standard InChI is InChI=1S/C18H23N5O2S/c1-26-14-9-5-8-13(10-14)20-18-21-16(19)15(23-24)17(22-18)25-11-12-6-3-2-4-7-12/h5,8-10,12H,2-4,6-7,11H2,1H3,(H3,19,20,21,22). The lowest BCUT2D eigenvalue weighted by Gasteiger charge is -2.21. The van der Waals surface area contributed by atoms with Crippen LogP contribution in [0.2, 0.25) is 0 Å². The fourth-order valence-electron chi connectivity index (χ4n) is 3.07. The lowest BCUT2D eigenvalue weighted by atomic mass is 9.90. The number of hydrogen-bond donors (Lipinski definition) is 2. The molecule has 0 spiro atoms. The van der Waals surface area contributed by atoms with E-state index < -0.39 is 0 Å². The molecule has 3 rings (SSSR count). The van der Waals surface area contributed by atoms with Crippen molar-refractivity contribution < 1.29 is 4.74 Å². The van der Waals surface area contributed by atoms with Crippen molar-refractivity contribution in [2.45, 2.75) is 37.0 Å². The third-order valence-electron chi connectivity index (χ3n) is 4.48. The maximum Gasteiger partial charge on any atom is 0.250 e. The lowest BCUT2D eigenvalue weighted by molar-refractivity contribution is 0.203. The van der Waals surface area contributed by atoms with Crippen LogP contribution in [0.4, 0.5) is 23.1 Å². The first kappa shape index (κ1) is 18.4. The maximum atomic E-state index is 11.1. The van der Waals surface area contributed by atoms with Gasteiger partial charge in [0.25, 0.3) is 5.88 Å². The Bertz CT molecular complexity index is 765. The number of nitrogens with one attached hydrogen (secondary N) is 1. The van der Waals surface area contributed by atoms with Gasteiger partial charge in [0.1, 0.15) is 0 Å². The molecule has 0 atom stereocenters. The highest BCUT2D eigenvalue weighted by Gasteiger charge is 2.19. The summed E-state index contributed by atoms with van der Waals surface area (Å²) < 4.78 is 5.80. The first-order chi connectivity index (χ1) is 12.7. The Morgan fingerprint density at radius 1 is 1.31 bits per heavy atom. The molecule has 3 N–H and O–H groups in total. The average Bonchev–Trinajstić information content (AvgIpc) is 2.67. The van der Waals surface area contributed by atoms with Crippen LogP contribution in [0.15, 0.2) is 34.3 Å². The van der Waals surface area contributed by atoms with Crippen LogP contribution >= 0.6 is 11.8 Å². The maximum absolute atomic E-state index is 11.1. The molecule has 1 aliphatic carbocycles. The molecule has 7 nitrogen and oxygen atoms in total. The number of nitroso groups, excluding NO2 is 1. The first-order valence-corrected chi connectivity index (χ1v) is 9.97. The zero-order valence-electron chi connectivity index (χ0n) is 14.8. The van der Waals surface area contributed by atoms with Crippen molar-refractivity contribution in [2.75, 3.05) is 23.9 Å². The Labute approximate surface area is 157 Å². The van der Waals surface area contributed by atoms with E-state index in [1.165, 1.54) is 19.3 Å². The van der Waals surface area contributed by atoms with Gasteiger partial charge in [-0.1, -0.05) is 25.3 Å². The summed E-state index contributed by atoms with van der Waals surface area (Å²) in [6.45, 7) is 0.514. The van der Waals surface area contributed by atoms with E-state index in [0.717, 1.165) is 23.4 Å². The molecule has 1 heterocycles. The predicted molar refractivity (Wildman–Crippen MR) is 105 cm³/mol. The molecule has 8 heteroatoms. The topological polar surface area (TPSA) is 102 Å². The summed E-state index contributed by atoms with van der Waals surface area (Å²) in [6.07, 6.45) is 8.00. The van der Waals surface area contributed by atoms with Gasteiger partial charge < -0.3 is 15.8 Å². The molecule has 2 aromatic rings. The van der Waals surface area contributed by atoms with Gasteiger partial charge in [0.2, 0.25) is 11.6 Å². The van der Waals surface area contributed by atoms with Crippen LogP contribution in [0.3, 0.4) is 0 Å². The molecule has 1 fully saturated rings. The number of thioether (sulfide) groups is 1. The molecule has 0 aliphatic heterocycles. The molecule has 0 bridgehead atoms. The Hall–Kier alpha value is -2.35. The predicted octanol–water partition coefficient (Wildman–Crippen LogP) is 4.88. The van der Waals surface area contributed by atoms with Gasteiger partial charge in [-0.15, -0.1) is 16.7 Å². The number of nitrogen functional groups attached to an aromatic ring is 1. The fourth-order valence-corrected chi connectivity index (χ4v) is 3.53. The number of nitrogens with zero attached hydrogens (tertiary/aromatic N) is 3. The van der Waals surface area contributed by atoms with E-state index in [1.807, 2.05) is 30.5 Å². The highest BCUT2D eigenvalue weighted by Crippen LogP contribution is 2.34. The second kappa shape index (κ2) is 8.84. The number of rotatable bonds is 7. The zero-order chi connectivity index (χ0) is 18.4. The molecule has 26 heavy (non-hydrogen) atoms. The van der Waals surface area contributed by atoms with Gasteiger partial charge >= 0.3 is 0 Å². The Kier molecular flexibility index (Phi) is 6.27. The molecule has 1 aromatic carbocycles. The Balaban J connectivity index is 1.77. The van der Waals surface area contributed by atoms with Gasteiger partial charge in [-0.25, -0.2) is 0 Å². The van der Waals surface area contributed by atoms with Crippen molar-refractivity contribution in [1.29, 1.82) is 0 Å². The highest BCUT2D eigenvalue weighted by atomic mass is 32.2. The summed E-state index contributed by atoms with van der Waals surface area (Å²) in [5, 5.41) is 6.06. The van der Waals surface area contributed by atoms with Gasteiger partial charge in [0.15, 0.2) is 5.82 Å². The molecular formula is C18H23N5O2S. The SMILES string of the molecule is CSc1cccc(Nc2nc(N)c(N=O)c(OCC3CCCCC3)n2)c1. The van der Waals surface area contributed by atoms with E-state index in [-0.39, 0.29) is 23.3 Å². The average molecular weight is 373 g/mol. The number of benzene rings is 1. The summed E-state index contributed by atoms with van der Waals surface area (Å²) in [4.78, 5) is 20.7. The van der Waals surface area contributed by atoms with Gasteiger partial charge in [-0.3, -0.25) is 0 Å². The van der Waals surface area contributed by atoms with Gasteiger partial charge in [-0.05, 0) is 48.4 Å². The highest BCUT2D eigenvalue weighted by molar-refractivity contribution is 7.98. The molecule has 1 aliphatic rings. The van der Waals surface area contributed by atoms with Gasteiger partial charge in [0, 0.05) is 10.6 Å². The minimum Gasteiger partial charge on any atom is -0.476 e. The molecule has 1 saturated carbocycles. The van der Waals surface area contributed by atoms with E-state index in [2.05, 4.69) is 20.5 Å². The smallest absolute Gasteiger partial charge is 0.250 e. The number of nitrogens with two attached hydrogens (primary N) is 1. The van der Waals surface area contributed by atoms with Crippen molar-refractivity contribution >= 4 is 34.9 Å². The third kappa shape index (κ3) is 4.63. The van der Waals surface area contributed by atoms with E-state index in [9.17, 15) is 4.91 Å². The molecule has 138 valence electrons. The molecule has 0 radical (unpaired) electrons. The minimum atomic E-state index is -0.0378. The quantitative estimate of drug-likeness (QED) is 0.526. The summed E-state index contributed by atoms with van der Waals surface area (Å²) in [7, 11) is 0. The number of anilines is 3. The van der Waals surface area contributed by atoms with Crippen LogP contribution in [0.1, 0.15) is 32.1 Å². The van der Waals surface area contributed by atoms with Crippen molar-refractivity contribution in [2.24, 2.45) is 11.1 Å². The van der Waals surface area contributed by atoms with E-state index in [0.29, 0.717) is 12.5 Å². The van der Waals surface area contributed by atoms with Crippen molar-refractivity contribution in [3.05, 3.63) is 29.2 Å². The second-order valence-electron chi connectivity index (χ2n) is 6.35. The summed E-state index contributed by atoms with van der Waals surface area (Å²) in [6, 6.07) is 7.86. The molecule has 0 amide bonds. The van der Waals surface area contributed by atoms with Crippen LogP contribution in [-0.2, 0) is 0 Å². The minimum absolute atomic E-state index is 0.0113. The van der Waals surface area contributed by atoms with E-state index >= 15 is 0 Å². The Morgan fingerprint density at radius 2 is 2.12 bits per heavy atom. The first-order valence-electron chi connectivity index (χ1n) is 8.74. The number of aromatic nitrogens is 2. The van der Waals surface area contributed by atoms with Crippen LogP contribution in [0.5, 0.6) is 5.88 Å². The Morgan fingerprint density at radius 3 is 2.85 bits per heavy atom. The summed E-state index contributed by atoms with van der Waals surface area (Å²) in [5.74, 6) is 0.916. The zero-order valence-corrected chi connectivity index (χ0v) is 15.6. The number of hydrogen-bond acceptors (Lipinski definition) is 8. The normalized spacial score (nSPS) is 14.8. The number of ether oxygens (including phenoxy) is 1. The fraction of sp³-hybridized carbons (Fsp3) is 0.444. The molecule has 1 aromatic heterocycles. The summed E-state index contributed by atoms with van der Waals surface area (Å²) >= 11 is 1.64. The van der Waals surface area contributed by atoms with Crippen molar-refractivity contribution in [3.63, 3.8) is 0 Å². The molecule has 0 unspecified atom stereocenters. The molecule has 0 saturated heterocycles. The van der Waals surface area contributed by atoms with Gasteiger partial charge in [0.05, 0.1) is 6.61 Å². The van der Waals surface area contributed by atoms with Crippen LogP contribution in [-0.4, -0.2) is 22.8 Å². The lowest BCUT2D eigenvalue weighted by Crippen LogP contribution is -2.16. The monoisotopic (exact) mass is 373 g/mol. The summed E-state index contributed by atoms with van der Waals surface area (Å²) in [5.41, 5.74) is 6.68. The van der Waals surface area contributed by atoms with Crippen LogP contribution < -0.4 is 15.8 Å². The second-order valence-corrected chi connectivity index (χ2v) is 7.23. The molecular weight excluding hydrogens is 350 g/mol. The van der Waals surface area contributed by atoms with E-state index in [1.54, 1.807) is 11.8 Å². The van der Waals surface area contributed by atoms with Crippen LogP contribution in [0, 0.1) is 10.8 Å². The third-order valence-corrected chi connectivity index (χ3v) is 5.20. The van der Waals surface area contributed by atoms with Crippen LogP contribution in [0.25, 0.3) is 0 Å². The largest absolute Gasteiger partial charge is 0.476 e. The van der Waals surface area contributed by atoms with Gasteiger partial charge in [-0.2, -0.15) is 9.97 Å². The van der Waals surface area contributed by atoms with E-state index in [4.69, 9.17) is 10.5 Å². The van der Waals surface area contributed by atoms with Crippen molar-refractivity contribution in [1.82, 2.24) is 9.97 Å². The van der Waals surface area contributed by atoms with Crippen molar-refractivity contribution in [3.8, 4) is 5.88 Å².